The first-order chi connectivity index (χ1) is 14.7. The molecule has 0 N–H and O–H groups in total. The third-order valence-corrected chi connectivity index (χ3v) is 4.04. The molecule has 3 rings (SSSR count). The summed E-state index contributed by atoms with van der Waals surface area (Å²) in [6.07, 6.45) is -3.28. The van der Waals surface area contributed by atoms with Crippen molar-refractivity contribution in [2.24, 2.45) is 5.10 Å². The van der Waals surface area contributed by atoms with Crippen molar-refractivity contribution in [3.8, 4) is 0 Å². The number of anilines is 1. The van der Waals surface area contributed by atoms with E-state index >= 15 is 0 Å². The highest BCUT2D eigenvalue weighted by Crippen LogP contribution is 2.31. The normalized spacial score (nSPS) is 11.5. The molecule has 0 saturated heterocycles. The molecule has 9 heteroatoms. The highest BCUT2D eigenvalue weighted by Gasteiger charge is 2.31. The Morgan fingerprint density at radius 3 is 2.45 bits per heavy atom. The van der Waals surface area contributed by atoms with Gasteiger partial charge in [0.1, 0.15) is 5.76 Å². The number of benzene rings is 2. The smallest absolute Gasteiger partial charge is 0.416 e. The molecular weight excluding hydrogens is 413 g/mol. The van der Waals surface area contributed by atoms with Gasteiger partial charge in [-0.05, 0) is 42.8 Å². The molecule has 31 heavy (non-hydrogen) atoms. The number of carbonyl (C=O) groups is 2. The fourth-order valence-corrected chi connectivity index (χ4v) is 2.56. The Kier molecular flexibility index (Phi) is 6.54. The third kappa shape index (κ3) is 5.81. The quantitative estimate of drug-likeness (QED) is 0.319. The van der Waals surface area contributed by atoms with E-state index in [1.807, 2.05) is 0 Å². The minimum Gasteiger partial charge on any atom is -0.454 e. The van der Waals surface area contributed by atoms with Crippen LogP contribution in [-0.2, 0) is 15.7 Å². The summed E-state index contributed by atoms with van der Waals surface area (Å²) in [5.41, 5.74) is -0.451. The van der Waals surface area contributed by atoms with Gasteiger partial charge >= 0.3 is 12.1 Å². The number of hydrogen-bond acceptors (Lipinski definition) is 5. The van der Waals surface area contributed by atoms with E-state index in [9.17, 15) is 22.8 Å². The number of ether oxygens (including phenoxy) is 1. The molecule has 0 bridgehead atoms. The van der Waals surface area contributed by atoms with Crippen molar-refractivity contribution >= 4 is 23.8 Å². The van der Waals surface area contributed by atoms with Crippen molar-refractivity contribution in [1.82, 2.24) is 0 Å². The van der Waals surface area contributed by atoms with Crippen molar-refractivity contribution in [3.05, 3.63) is 89.4 Å². The molecule has 1 aromatic heterocycles. The highest BCUT2D eigenvalue weighted by atomic mass is 19.4. The summed E-state index contributed by atoms with van der Waals surface area (Å²) < 4.78 is 49.4. The lowest BCUT2D eigenvalue weighted by molar-refractivity contribution is -0.137. The number of hydrazone groups is 1. The Hall–Kier alpha value is -3.88. The number of alkyl halides is 3. The van der Waals surface area contributed by atoms with Crippen molar-refractivity contribution in [2.45, 2.75) is 13.1 Å². The van der Waals surface area contributed by atoms with Gasteiger partial charge in [-0.1, -0.05) is 36.4 Å². The van der Waals surface area contributed by atoms with E-state index in [4.69, 9.17) is 9.15 Å². The second-order valence-corrected chi connectivity index (χ2v) is 6.40. The monoisotopic (exact) mass is 430 g/mol. The van der Waals surface area contributed by atoms with Crippen molar-refractivity contribution < 1.29 is 31.9 Å². The fraction of sp³-hybridized carbons (Fsp3) is 0.136. The molecule has 2 aromatic carbocycles. The summed E-state index contributed by atoms with van der Waals surface area (Å²) in [5, 5.41) is 4.77. The lowest BCUT2D eigenvalue weighted by Crippen LogP contribution is -2.31. The largest absolute Gasteiger partial charge is 0.454 e. The molecule has 0 aliphatic rings. The van der Waals surface area contributed by atoms with Gasteiger partial charge in [-0.25, -0.2) is 4.79 Å². The average molecular weight is 430 g/mol. The molecule has 1 amide bonds. The number of carbonyl (C=O) groups excluding carboxylic acids is 2. The van der Waals surface area contributed by atoms with Gasteiger partial charge in [-0.3, -0.25) is 4.79 Å². The van der Waals surface area contributed by atoms with Gasteiger partial charge in [-0.2, -0.15) is 23.3 Å². The van der Waals surface area contributed by atoms with Gasteiger partial charge in [0, 0.05) is 0 Å². The van der Waals surface area contributed by atoms with Crippen LogP contribution in [0.4, 0.5) is 18.9 Å². The van der Waals surface area contributed by atoms with Crippen molar-refractivity contribution in [2.75, 3.05) is 11.6 Å². The van der Waals surface area contributed by atoms with Gasteiger partial charge in [0.05, 0.1) is 17.5 Å². The van der Waals surface area contributed by atoms with Gasteiger partial charge in [0.2, 0.25) is 5.76 Å². The van der Waals surface area contributed by atoms with Crippen molar-refractivity contribution in [1.29, 1.82) is 0 Å². The Labute approximate surface area is 175 Å². The van der Waals surface area contributed by atoms with E-state index in [0.717, 1.165) is 23.2 Å². The predicted octanol–water partition coefficient (Wildman–Crippen LogP) is 4.83. The molecule has 0 unspecified atom stereocenters. The number of aryl methyl sites for hydroxylation is 1. The molecule has 0 fully saturated rings. The molecular formula is C22H17F3N2O4. The first-order valence-electron chi connectivity index (χ1n) is 9.07. The second kappa shape index (κ2) is 9.29. The molecule has 0 aliphatic carbocycles. The first kappa shape index (κ1) is 21.8. The van der Waals surface area contributed by atoms with E-state index in [2.05, 4.69) is 5.10 Å². The molecule has 160 valence electrons. The number of hydrogen-bond donors (Lipinski definition) is 0. The summed E-state index contributed by atoms with van der Waals surface area (Å²) in [4.78, 5) is 24.7. The minimum absolute atomic E-state index is 0.0938. The molecule has 0 atom stereocenters. The Balaban J connectivity index is 1.84. The van der Waals surface area contributed by atoms with Crippen LogP contribution in [0.5, 0.6) is 0 Å². The van der Waals surface area contributed by atoms with E-state index in [0.29, 0.717) is 11.3 Å². The van der Waals surface area contributed by atoms with Crippen LogP contribution in [0.25, 0.3) is 0 Å². The van der Waals surface area contributed by atoms with E-state index in [1.165, 1.54) is 18.3 Å². The molecule has 6 nitrogen and oxygen atoms in total. The number of halogens is 3. The van der Waals surface area contributed by atoms with Crippen LogP contribution < -0.4 is 5.01 Å². The molecule has 0 saturated carbocycles. The SMILES string of the molecule is Cc1ccc(C(=O)OCC(=O)N(/N=C/c2ccccc2)c2cccc(C(F)(F)F)c2)o1. The average Bonchev–Trinajstić information content (AvgIpc) is 3.19. The fourth-order valence-electron chi connectivity index (χ4n) is 2.56. The Bertz CT molecular complexity index is 1090. The molecule has 3 aromatic rings. The standard InChI is InChI=1S/C22H17F3N2O4/c1-15-10-11-19(31-15)21(29)30-14-20(28)27(26-13-16-6-3-2-4-7-16)18-9-5-8-17(12-18)22(23,24)25/h2-13H,14H2,1H3/b26-13+. The summed E-state index contributed by atoms with van der Waals surface area (Å²) in [6.45, 7) is 0.885. The predicted molar refractivity (Wildman–Crippen MR) is 107 cm³/mol. The number of rotatable bonds is 6. The van der Waals surface area contributed by atoms with Gasteiger partial charge in [0.15, 0.2) is 6.61 Å². The van der Waals surface area contributed by atoms with Crippen molar-refractivity contribution in [3.63, 3.8) is 0 Å². The van der Waals surface area contributed by atoms with Crippen LogP contribution in [0.1, 0.15) is 27.4 Å². The summed E-state index contributed by atoms with van der Waals surface area (Å²) in [5.74, 6) is -1.33. The maximum absolute atomic E-state index is 13.1. The number of amides is 1. The zero-order chi connectivity index (χ0) is 22.4. The number of furan rings is 1. The highest BCUT2D eigenvalue weighted by molar-refractivity contribution is 5.97. The van der Waals surface area contributed by atoms with Crippen LogP contribution in [0.2, 0.25) is 0 Å². The number of nitrogens with zero attached hydrogens (tertiary/aromatic N) is 2. The molecule has 1 heterocycles. The first-order valence-corrected chi connectivity index (χ1v) is 9.07. The molecule has 0 radical (unpaired) electrons. The lowest BCUT2D eigenvalue weighted by atomic mass is 10.2. The summed E-state index contributed by atoms with van der Waals surface area (Å²) in [6, 6.07) is 15.7. The van der Waals surface area contributed by atoms with Crippen LogP contribution >= 0.6 is 0 Å². The zero-order valence-corrected chi connectivity index (χ0v) is 16.3. The lowest BCUT2D eigenvalue weighted by Gasteiger charge is -2.18. The van der Waals surface area contributed by atoms with Gasteiger partial charge in [0.25, 0.3) is 5.91 Å². The molecule has 0 aliphatic heterocycles. The summed E-state index contributed by atoms with van der Waals surface area (Å²) >= 11 is 0. The van der Waals surface area contributed by atoms with E-state index in [-0.39, 0.29) is 11.4 Å². The van der Waals surface area contributed by atoms with E-state index < -0.39 is 30.2 Å². The minimum atomic E-state index is -4.60. The molecule has 0 spiro atoms. The van der Waals surface area contributed by atoms with Crippen LogP contribution in [0.3, 0.4) is 0 Å². The third-order valence-electron chi connectivity index (χ3n) is 4.04. The zero-order valence-electron chi connectivity index (χ0n) is 16.3. The maximum atomic E-state index is 13.1. The van der Waals surface area contributed by atoms with E-state index in [1.54, 1.807) is 43.3 Å². The summed E-state index contributed by atoms with van der Waals surface area (Å²) in [7, 11) is 0. The maximum Gasteiger partial charge on any atom is 0.416 e. The van der Waals surface area contributed by atoms with Gasteiger partial charge in [-0.15, -0.1) is 0 Å². The van der Waals surface area contributed by atoms with Crippen LogP contribution in [-0.4, -0.2) is 24.7 Å². The van der Waals surface area contributed by atoms with Gasteiger partial charge < -0.3 is 9.15 Å². The Morgan fingerprint density at radius 2 is 1.81 bits per heavy atom. The van der Waals surface area contributed by atoms with Crippen LogP contribution in [0, 0.1) is 6.92 Å². The topological polar surface area (TPSA) is 72.1 Å². The second-order valence-electron chi connectivity index (χ2n) is 6.40. The van der Waals surface area contributed by atoms with Crippen LogP contribution in [0.15, 0.2) is 76.2 Å². The Morgan fingerprint density at radius 1 is 1.06 bits per heavy atom. The number of esters is 1.